The Balaban J connectivity index is 2.13. The topological polar surface area (TPSA) is 103 Å². The number of primary amides is 1. The number of nitrogens with zero attached hydrogens (tertiary/aromatic N) is 1. The number of benzene rings is 1. The first-order valence-electron chi connectivity index (χ1n) is 7.72. The summed E-state index contributed by atoms with van der Waals surface area (Å²) in [5.41, 5.74) is 5.16. The third kappa shape index (κ3) is 4.16. The predicted octanol–water partition coefficient (Wildman–Crippen LogP) is -1.53. The first-order chi connectivity index (χ1) is 11.4. The summed E-state index contributed by atoms with van der Waals surface area (Å²) in [7, 11) is -0.746. The van der Waals surface area contributed by atoms with E-state index in [1.807, 2.05) is 0 Å². The minimum absolute atomic E-state index is 0.102. The lowest BCUT2D eigenvalue weighted by Gasteiger charge is -2.31. The molecule has 1 aliphatic heterocycles. The van der Waals surface area contributed by atoms with E-state index in [9.17, 15) is 13.2 Å². The van der Waals surface area contributed by atoms with Crippen LogP contribution >= 0.6 is 0 Å². The van der Waals surface area contributed by atoms with Gasteiger partial charge in [-0.2, -0.15) is 4.31 Å². The first kappa shape index (κ1) is 18.5. The highest BCUT2D eigenvalue weighted by molar-refractivity contribution is 7.89. The average Bonchev–Trinajstić information content (AvgIpc) is 2.59. The van der Waals surface area contributed by atoms with Crippen LogP contribution in [0.25, 0.3) is 0 Å². The van der Waals surface area contributed by atoms with Gasteiger partial charge in [-0.15, -0.1) is 0 Å². The lowest BCUT2D eigenvalue weighted by Crippen LogP contribution is -3.15. The van der Waals surface area contributed by atoms with Gasteiger partial charge in [0.05, 0.1) is 53.4 Å². The number of piperazine rings is 1. The van der Waals surface area contributed by atoms with Crippen molar-refractivity contribution in [2.75, 3.05) is 46.9 Å². The third-order valence-electron chi connectivity index (χ3n) is 4.14. The molecule has 0 atom stereocenters. The molecule has 9 heteroatoms. The zero-order valence-corrected chi connectivity index (χ0v) is 14.8. The second kappa shape index (κ2) is 7.82. The van der Waals surface area contributed by atoms with Crippen LogP contribution in [0.5, 0.6) is 11.5 Å². The Bertz CT molecular complexity index is 684. The first-order valence-corrected chi connectivity index (χ1v) is 9.16. The number of carbonyl (C=O) groups is 1. The van der Waals surface area contributed by atoms with E-state index in [-0.39, 0.29) is 10.8 Å². The standard InChI is InChI=1S/C15H23N3O5S/c1-22-12-3-4-13(23-2)14(11-12)24(20,21)18-9-7-17(8-10-18)6-5-15(16)19/h3-4,11H,5-10H2,1-2H3,(H2,16,19)/p+1. The number of hydrogen-bond donors (Lipinski definition) is 2. The summed E-state index contributed by atoms with van der Waals surface area (Å²) in [4.78, 5) is 12.1. The van der Waals surface area contributed by atoms with Crippen molar-refractivity contribution in [1.82, 2.24) is 4.31 Å². The second-order valence-corrected chi connectivity index (χ2v) is 7.54. The van der Waals surface area contributed by atoms with Gasteiger partial charge in [0.2, 0.25) is 15.9 Å². The second-order valence-electron chi connectivity index (χ2n) is 5.64. The van der Waals surface area contributed by atoms with Crippen LogP contribution in [-0.4, -0.2) is 65.6 Å². The van der Waals surface area contributed by atoms with Crippen molar-refractivity contribution in [3.05, 3.63) is 18.2 Å². The van der Waals surface area contributed by atoms with E-state index in [0.29, 0.717) is 50.6 Å². The number of nitrogens with two attached hydrogens (primary N) is 1. The number of sulfonamides is 1. The van der Waals surface area contributed by atoms with E-state index in [1.54, 1.807) is 12.1 Å². The quantitative estimate of drug-likeness (QED) is 0.615. The summed E-state index contributed by atoms with van der Waals surface area (Å²) in [6, 6.07) is 4.71. The minimum Gasteiger partial charge on any atom is -0.497 e. The van der Waals surface area contributed by atoms with E-state index < -0.39 is 10.0 Å². The fraction of sp³-hybridized carbons (Fsp3) is 0.533. The van der Waals surface area contributed by atoms with Crippen LogP contribution in [0.4, 0.5) is 0 Å². The molecular formula is C15H24N3O5S+. The Kier molecular flexibility index (Phi) is 6.03. The summed E-state index contributed by atoms with van der Waals surface area (Å²) in [5, 5.41) is 0. The van der Waals surface area contributed by atoms with Gasteiger partial charge < -0.3 is 20.1 Å². The lowest BCUT2D eigenvalue weighted by atomic mass is 10.3. The Hall–Kier alpha value is -1.84. The lowest BCUT2D eigenvalue weighted by molar-refractivity contribution is -0.903. The molecule has 0 aliphatic carbocycles. The predicted molar refractivity (Wildman–Crippen MR) is 87.7 cm³/mol. The van der Waals surface area contributed by atoms with Crippen molar-refractivity contribution in [3.8, 4) is 11.5 Å². The summed E-state index contributed by atoms with van der Waals surface area (Å²) < 4.78 is 37.6. The van der Waals surface area contributed by atoms with Gasteiger partial charge in [-0.1, -0.05) is 0 Å². The molecule has 24 heavy (non-hydrogen) atoms. The number of amides is 1. The Morgan fingerprint density at radius 2 is 1.92 bits per heavy atom. The fourth-order valence-electron chi connectivity index (χ4n) is 2.72. The molecule has 0 bridgehead atoms. The number of hydrogen-bond acceptors (Lipinski definition) is 5. The maximum Gasteiger partial charge on any atom is 0.247 e. The third-order valence-corrected chi connectivity index (χ3v) is 6.06. The molecule has 1 amide bonds. The maximum atomic E-state index is 12.9. The van der Waals surface area contributed by atoms with Crippen molar-refractivity contribution in [1.29, 1.82) is 0 Å². The van der Waals surface area contributed by atoms with Gasteiger partial charge in [-0.3, -0.25) is 4.79 Å². The normalized spacial score (nSPS) is 16.8. The molecule has 134 valence electrons. The Morgan fingerprint density at radius 1 is 1.25 bits per heavy atom. The SMILES string of the molecule is COc1ccc(OC)c(S(=O)(=O)N2CC[NH+](CCC(N)=O)CC2)c1. The van der Waals surface area contributed by atoms with E-state index >= 15 is 0 Å². The zero-order valence-electron chi connectivity index (χ0n) is 13.9. The van der Waals surface area contributed by atoms with Crippen molar-refractivity contribution < 1.29 is 27.6 Å². The highest BCUT2D eigenvalue weighted by atomic mass is 32.2. The molecule has 1 aromatic carbocycles. The minimum atomic E-state index is -3.67. The molecule has 1 fully saturated rings. The highest BCUT2D eigenvalue weighted by Gasteiger charge is 2.32. The van der Waals surface area contributed by atoms with Crippen LogP contribution in [-0.2, 0) is 14.8 Å². The molecule has 3 N–H and O–H groups in total. The number of nitrogens with one attached hydrogen (secondary N) is 1. The van der Waals surface area contributed by atoms with E-state index in [0.717, 1.165) is 0 Å². The molecule has 0 spiro atoms. The summed E-state index contributed by atoms with van der Waals surface area (Å²) in [5.74, 6) is 0.415. The molecule has 1 aliphatic rings. The van der Waals surface area contributed by atoms with Gasteiger partial charge in [-0.05, 0) is 12.1 Å². The van der Waals surface area contributed by atoms with Gasteiger partial charge in [0.1, 0.15) is 16.4 Å². The van der Waals surface area contributed by atoms with E-state index in [2.05, 4.69) is 0 Å². The van der Waals surface area contributed by atoms with Gasteiger partial charge in [0, 0.05) is 6.07 Å². The maximum absolute atomic E-state index is 12.9. The zero-order chi connectivity index (χ0) is 17.7. The van der Waals surface area contributed by atoms with Gasteiger partial charge in [0.15, 0.2) is 0 Å². The van der Waals surface area contributed by atoms with Gasteiger partial charge in [-0.25, -0.2) is 8.42 Å². The van der Waals surface area contributed by atoms with Crippen LogP contribution in [0.15, 0.2) is 23.1 Å². The van der Waals surface area contributed by atoms with E-state index in [1.165, 1.54) is 29.5 Å². The molecule has 0 unspecified atom stereocenters. The number of quaternary nitrogens is 1. The average molecular weight is 358 g/mol. The molecule has 8 nitrogen and oxygen atoms in total. The van der Waals surface area contributed by atoms with Crippen LogP contribution in [0.3, 0.4) is 0 Å². The van der Waals surface area contributed by atoms with Crippen LogP contribution in [0.1, 0.15) is 6.42 Å². The number of carbonyl (C=O) groups excluding carboxylic acids is 1. The smallest absolute Gasteiger partial charge is 0.247 e. The Morgan fingerprint density at radius 3 is 2.46 bits per heavy atom. The van der Waals surface area contributed by atoms with Crippen LogP contribution < -0.4 is 20.1 Å². The summed E-state index contributed by atoms with van der Waals surface area (Å²) >= 11 is 0. The van der Waals surface area contributed by atoms with Crippen molar-refractivity contribution in [2.24, 2.45) is 5.73 Å². The van der Waals surface area contributed by atoms with Crippen molar-refractivity contribution >= 4 is 15.9 Å². The summed E-state index contributed by atoms with van der Waals surface area (Å²) in [6.07, 6.45) is 0.311. The Labute approximate surface area is 142 Å². The molecule has 0 radical (unpaired) electrons. The molecule has 1 saturated heterocycles. The molecule has 1 aromatic rings. The molecule has 1 heterocycles. The van der Waals surface area contributed by atoms with Gasteiger partial charge >= 0.3 is 0 Å². The molecule has 0 saturated carbocycles. The van der Waals surface area contributed by atoms with E-state index in [4.69, 9.17) is 15.2 Å². The van der Waals surface area contributed by atoms with Crippen molar-refractivity contribution in [3.63, 3.8) is 0 Å². The number of ether oxygens (including phenoxy) is 2. The van der Waals surface area contributed by atoms with Gasteiger partial charge in [0.25, 0.3) is 0 Å². The molecule has 2 rings (SSSR count). The van der Waals surface area contributed by atoms with Crippen LogP contribution in [0, 0.1) is 0 Å². The van der Waals surface area contributed by atoms with Crippen LogP contribution in [0.2, 0.25) is 0 Å². The van der Waals surface area contributed by atoms with Crippen molar-refractivity contribution in [2.45, 2.75) is 11.3 Å². The number of rotatable bonds is 7. The number of methoxy groups -OCH3 is 2. The summed E-state index contributed by atoms with van der Waals surface area (Å²) in [6.45, 7) is 2.68. The monoisotopic (exact) mass is 358 g/mol. The largest absolute Gasteiger partial charge is 0.497 e. The molecule has 0 aromatic heterocycles. The fourth-order valence-corrected chi connectivity index (χ4v) is 4.33. The highest BCUT2D eigenvalue weighted by Crippen LogP contribution is 2.30. The molecular weight excluding hydrogens is 334 g/mol.